The Morgan fingerprint density at radius 1 is 0.583 bits per heavy atom. The van der Waals surface area contributed by atoms with E-state index >= 15 is 0 Å². The van der Waals surface area contributed by atoms with E-state index in [0.29, 0.717) is 46.8 Å². The molecule has 6 aromatic heterocycles. The van der Waals surface area contributed by atoms with Crippen molar-refractivity contribution in [3.05, 3.63) is 197 Å². The Hall–Kier alpha value is -8.49. The van der Waals surface area contributed by atoms with Crippen LogP contribution in [0, 0.1) is 13.8 Å². The van der Waals surface area contributed by atoms with Crippen LogP contribution in [0.1, 0.15) is 54.5 Å². The van der Waals surface area contributed by atoms with Gasteiger partial charge in [-0.05, 0) is 116 Å². The summed E-state index contributed by atoms with van der Waals surface area (Å²) in [6, 6.07) is 28.4. The van der Waals surface area contributed by atoms with Crippen molar-refractivity contribution in [1.29, 1.82) is 0 Å². The fraction of sp³-hybridized carbons (Fsp3) is 0.137. The predicted molar refractivity (Wildman–Crippen MR) is 257 cm³/mol. The lowest BCUT2D eigenvalue weighted by Gasteiger charge is -2.26. The number of ether oxygens (including phenoxy) is 1. The smallest absolute Gasteiger partial charge is 0.380 e. The standard InChI is InChI=1S/C24H19F3N4O2.C21H15F3N4O.C6H4ClN3/c1-14-5-6-18(29-23(32)15-3-2-4-17(9-15)24(25,26)27)10-19(14)21-11-20(16-12-33-13-16)22-28-7-8-31(22)30-21;1-13-5-6-16(12-17(13)18-7-8-19-25-9-10-28(19)27-18)26-20(29)14-3-2-4-15(11-14)21(22,23)24;7-5-1-2-6-8-3-4-10(6)9-5/h2-11,16H,12-13H2,1H3,(H,29,32);2-12H,1H3,(H,26,29);1-4H. The lowest BCUT2D eigenvalue weighted by molar-refractivity contribution is -0.138. The number of carbonyl (C=O) groups is 2. The van der Waals surface area contributed by atoms with Gasteiger partial charge in [-0.25, -0.2) is 28.5 Å². The highest BCUT2D eigenvalue weighted by Crippen LogP contribution is 2.34. The first-order chi connectivity index (χ1) is 34.5. The van der Waals surface area contributed by atoms with E-state index in [1.807, 2.05) is 50.2 Å². The van der Waals surface area contributed by atoms with Gasteiger partial charge in [-0.15, -0.1) is 0 Å². The molecule has 0 bridgehead atoms. The first-order valence-electron chi connectivity index (χ1n) is 21.8. The average Bonchev–Trinajstić information content (AvgIpc) is 4.14. The molecule has 11 rings (SSSR count). The molecule has 0 unspecified atom stereocenters. The average molecular weight is 1000 g/mol. The van der Waals surface area contributed by atoms with Crippen LogP contribution in [0.4, 0.5) is 37.7 Å². The highest BCUT2D eigenvalue weighted by Gasteiger charge is 2.32. The molecule has 1 saturated heterocycles. The molecular weight excluding hydrogens is 964 g/mol. The number of benzene rings is 4. The number of anilines is 2. The fourth-order valence-corrected chi connectivity index (χ4v) is 7.72. The Balaban J connectivity index is 0.000000150. The van der Waals surface area contributed by atoms with Crippen LogP contribution in [-0.4, -0.2) is 68.8 Å². The third-order valence-electron chi connectivity index (χ3n) is 11.4. The summed E-state index contributed by atoms with van der Waals surface area (Å²) < 4.78 is 88.0. The second-order valence-corrected chi connectivity index (χ2v) is 16.8. The van der Waals surface area contributed by atoms with E-state index in [1.165, 1.54) is 24.3 Å². The Morgan fingerprint density at radius 2 is 1.08 bits per heavy atom. The summed E-state index contributed by atoms with van der Waals surface area (Å²) in [7, 11) is 0. The Labute approximate surface area is 409 Å². The third kappa shape index (κ3) is 10.9. The number of hydrogen-bond donors (Lipinski definition) is 2. The second-order valence-electron chi connectivity index (χ2n) is 16.4. The molecule has 0 saturated carbocycles. The number of alkyl halides is 6. The predicted octanol–water partition coefficient (Wildman–Crippen LogP) is 11.4. The highest BCUT2D eigenvalue weighted by molar-refractivity contribution is 6.29. The molecular formula is C51H38ClF6N11O3. The molecule has 364 valence electrons. The van der Waals surface area contributed by atoms with Crippen LogP contribution < -0.4 is 10.6 Å². The van der Waals surface area contributed by atoms with E-state index in [4.69, 9.17) is 16.3 Å². The minimum atomic E-state index is -4.52. The van der Waals surface area contributed by atoms with Gasteiger partial charge in [-0.3, -0.25) is 9.59 Å². The summed E-state index contributed by atoms with van der Waals surface area (Å²) in [6.45, 7) is 5.09. The number of halogens is 7. The van der Waals surface area contributed by atoms with Gasteiger partial charge < -0.3 is 15.4 Å². The molecule has 0 spiro atoms. The summed E-state index contributed by atoms with van der Waals surface area (Å²) in [4.78, 5) is 37.7. The number of imidazole rings is 3. The van der Waals surface area contributed by atoms with Gasteiger partial charge in [-0.2, -0.15) is 41.6 Å². The monoisotopic (exact) mass is 1000 g/mol. The largest absolute Gasteiger partial charge is 0.416 e. The molecule has 7 heterocycles. The van der Waals surface area contributed by atoms with Crippen LogP contribution in [-0.2, 0) is 17.1 Å². The summed E-state index contributed by atoms with van der Waals surface area (Å²) in [5.41, 5.74) is 7.23. The van der Waals surface area contributed by atoms with Crippen molar-refractivity contribution in [3.8, 4) is 22.5 Å². The zero-order valence-corrected chi connectivity index (χ0v) is 38.6. The van der Waals surface area contributed by atoms with Gasteiger partial charge in [0.25, 0.3) is 11.8 Å². The zero-order chi connectivity index (χ0) is 50.7. The first kappa shape index (κ1) is 48.5. The van der Waals surface area contributed by atoms with Crippen molar-refractivity contribution in [2.24, 2.45) is 0 Å². The third-order valence-corrected chi connectivity index (χ3v) is 11.6. The fourth-order valence-electron chi connectivity index (χ4n) is 7.57. The van der Waals surface area contributed by atoms with Gasteiger partial charge in [0, 0.05) is 82.3 Å². The quantitative estimate of drug-likeness (QED) is 0.148. The number of rotatable bonds is 7. The number of fused-ring (bicyclic) bond motifs is 3. The normalized spacial score (nSPS) is 12.7. The molecule has 1 aliphatic rings. The molecule has 10 aromatic rings. The molecule has 2 amide bonds. The van der Waals surface area contributed by atoms with Crippen molar-refractivity contribution < 1.29 is 40.7 Å². The van der Waals surface area contributed by atoms with Crippen LogP contribution in [0.5, 0.6) is 0 Å². The summed E-state index contributed by atoms with van der Waals surface area (Å²) in [5.74, 6) is -1.01. The lowest BCUT2D eigenvalue weighted by Crippen LogP contribution is -2.26. The summed E-state index contributed by atoms with van der Waals surface area (Å²) in [5, 5.41) is 18.9. The maximum absolute atomic E-state index is 13.0. The topological polar surface area (TPSA) is 158 Å². The molecule has 72 heavy (non-hydrogen) atoms. The Morgan fingerprint density at radius 3 is 1.62 bits per heavy atom. The second kappa shape index (κ2) is 20.1. The molecule has 14 nitrogen and oxygen atoms in total. The molecule has 2 N–H and O–H groups in total. The zero-order valence-electron chi connectivity index (χ0n) is 37.8. The van der Waals surface area contributed by atoms with Crippen molar-refractivity contribution in [1.82, 2.24) is 43.8 Å². The van der Waals surface area contributed by atoms with Gasteiger partial charge in [0.15, 0.2) is 16.9 Å². The lowest BCUT2D eigenvalue weighted by atomic mass is 9.96. The molecule has 1 aliphatic heterocycles. The number of aryl methyl sites for hydroxylation is 2. The van der Waals surface area contributed by atoms with E-state index in [1.54, 1.807) is 81.1 Å². The van der Waals surface area contributed by atoms with Crippen molar-refractivity contribution in [3.63, 3.8) is 0 Å². The van der Waals surface area contributed by atoms with Crippen LogP contribution in [0.3, 0.4) is 0 Å². The highest BCUT2D eigenvalue weighted by atomic mass is 35.5. The van der Waals surface area contributed by atoms with Gasteiger partial charge in [0.05, 0.1) is 35.7 Å². The number of aromatic nitrogens is 9. The number of nitrogens with one attached hydrogen (secondary N) is 2. The van der Waals surface area contributed by atoms with Crippen molar-refractivity contribution in [2.45, 2.75) is 32.1 Å². The van der Waals surface area contributed by atoms with Gasteiger partial charge in [0.2, 0.25) is 0 Å². The molecule has 21 heteroatoms. The summed E-state index contributed by atoms with van der Waals surface area (Å²) >= 11 is 5.62. The molecule has 0 aliphatic carbocycles. The minimum absolute atomic E-state index is 0.0695. The number of carbonyl (C=O) groups excluding carboxylic acids is 2. The SMILES string of the molecule is Cc1ccc(NC(=O)c2cccc(C(F)(F)F)c2)cc1-c1cc(C2COC2)c2nccn2n1.Cc1ccc(NC(=O)c2cccc(C(F)(F)F)c2)cc1-c1ccc2nccn2n1.Clc1ccc2nccn2n1. The van der Waals surface area contributed by atoms with E-state index in [9.17, 15) is 35.9 Å². The summed E-state index contributed by atoms with van der Waals surface area (Å²) in [6.07, 6.45) is 1.24. The van der Waals surface area contributed by atoms with Gasteiger partial charge in [0.1, 0.15) is 5.15 Å². The van der Waals surface area contributed by atoms with Crippen LogP contribution in [0.2, 0.25) is 5.15 Å². The molecule has 0 atom stereocenters. The number of hydrogen-bond acceptors (Lipinski definition) is 9. The number of amides is 2. The molecule has 4 aromatic carbocycles. The van der Waals surface area contributed by atoms with Gasteiger partial charge in [-0.1, -0.05) is 35.9 Å². The maximum Gasteiger partial charge on any atom is 0.416 e. The van der Waals surface area contributed by atoms with Crippen molar-refractivity contribution in [2.75, 3.05) is 23.8 Å². The van der Waals surface area contributed by atoms with Crippen LogP contribution in [0.15, 0.2) is 152 Å². The molecule has 0 radical (unpaired) electrons. The Kier molecular flexibility index (Phi) is 13.5. The van der Waals surface area contributed by atoms with E-state index < -0.39 is 35.3 Å². The van der Waals surface area contributed by atoms with E-state index in [-0.39, 0.29) is 17.0 Å². The molecule has 1 fully saturated rings. The van der Waals surface area contributed by atoms with E-state index in [2.05, 4.69) is 40.9 Å². The maximum atomic E-state index is 13.0. The van der Waals surface area contributed by atoms with E-state index in [0.717, 1.165) is 63.4 Å². The van der Waals surface area contributed by atoms with Gasteiger partial charge >= 0.3 is 12.4 Å². The van der Waals surface area contributed by atoms with Crippen LogP contribution >= 0.6 is 11.6 Å². The first-order valence-corrected chi connectivity index (χ1v) is 22.2. The van der Waals surface area contributed by atoms with Crippen LogP contribution in [0.25, 0.3) is 39.5 Å². The Bertz CT molecular complexity index is 3620. The number of nitrogens with zero attached hydrogens (tertiary/aromatic N) is 9. The minimum Gasteiger partial charge on any atom is -0.380 e. The van der Waals surface area contributed by atoms with Crippen molar-refractivity contribution >= 4 is 51.7 Å².